The molecule has 0 aliphatic carbocycles. The number of rotatable bonds is 2. The quantitative estimate of drug-likeness (QED) is 0.646. The maximum atomic E-state index is 12.9. The number of hydrogen-bond acceptors (Lipinski definition) is 4. The highest BCUT2D eigenvalue weighted by Gasteiger charge is 1.95. The summed E-state index contributed by atoms with van der Waals surface area (Å²) in [5.41, 5.74) is 0.0736. The summed E-state index contributed by atoms with van der Waals surface area (Å²) in [4.78, 5) is 11.4. The Morgan fingerprint density at radius 2 is 2.35 bits per heavy atom. The van der Waals surface area contributed by atoms with E-state index in [0.29, 0.717) is 5.56 Å². The Morgan fingerprint density at radius 1 is 1.53 bits per heavy atom. The molecule has 0 saturated heterocycles. The number of H-pyrrole nitrogens is 1. The number of aromatic amines is 1. The molecule has 0 aliphatic heterocycles. The summed E-state index contributed by atoms with van der Waals surface area (Å²) in [7, 11) is 0. The van der Waals surface area contributed by atoms with Crippen molar-refractivity contribution < 1.29 is 4.39 Å². The summed E-state index contributed by atoms with van der Waals surface area (Å²) in [6, 6.07) is 5.82. The molecule has 86 valence electrons. The molecule has 0 amide bonds. The van der Waals surface area contributed by atoms with Gasteiger partial charge in [0, 0.05) is 0 Å². The molecule has 0 bridgehead atoms. The highest BCUT2D eigenvalue weighted by molar-refractivity contribution is 7.71. The minimum absolute atomic E-state index is 0.0742. The Hall–Kier alpha value is -2.15. The van der Waals surface area contributed by atoms with Gasteiger partial charge in [0.25, 0.3) is 5.56 Å². The fourth-order valence-corrected chi connectivity index (χ4v) is 1.36. The van der Waals surface area contributed by atoms with E-state index in [1.54, 1.807) is 12.1 Å². The van der Waals surface area contributed by atoms with E-state index in [-0.39, 0.29) is 10.6 Å². The lowest BCUT2D eigenvalue weighted by Crippen LogP contribution is -2.18. The van der Waals surface area contributed by atoms with Crippen LogP contribution in [0.15, 0.2) is 40.4 Å². The number of aromatic nitrogens is 3. The van der Waals surface area contributed by atoms with E-state index < -0.39 is 5.56 Å². The second-order valence-electron chi connectivity index (χ2n) is 3.12. The van der Waals surface area contributed by atoms with Crippen molar-refractivity contribution in [3.05, 3.63) is 57.0 Å². The Bertz CT molecular complexity index is 648. The van der Waals surface area contributed by atoms with E-state index in [0.717, 1.165) is 10.9 Å². The first-order valence-electron chi connectivity index (χ1n) is 4.63. The van der Waals surface area contributed by atoms with Gasteiger partial charge in [0.05, 0.1) is 6.21 Å². The molecule has 1 N–H and O–H groups in total. The lowest BCUT2D eigenvalue weighted by molar-refractivity contribution is 0.627. The molecule has 1 heterocycles. The monoisotopic (exact) mass is 250 g/mol. The fourth-order valence-electron chi connectivity index (χ4n) is 1.17. The lowest BCUT2D eigenvalue weighted by Gasteiger charge is -1.96. The van der Waals surface area contributed by atoms with Gasteiger partial charge in [0.15, 0.2) is 0 Å². The van der Waals surface area contributed by atoms with E-state index in [2.05, 4.69) is 15.3 Å². The molecule has 0 fully saturated rings. The number of nitrogens with zero attached hydrogens (tertiary/aromatic N) is 3. The van der Waals surface area contributed by atoms with Crippen LogP contribution >= 0.6 is 12.2 Å². The fraction of sp³-hybridized carbons (Fsp3) is 0. The van der Waals surface area contributed by atoms with Gasteiger partial charge in [-0.25, -0.2) is 4.39 Å². The smallest absolute Gasteiger partial charge is 0.265 e. The Kier molecular flexibility index (Phi) is 3.20. The van der Waals surface area contributed by atoms with Crippen LogP contribution in [0.3, 0.4) is 0 Å². The summed E-state index contributed by atoms with van der Waals surface area (Å²) in [6.07, 6.45) is 2.40. The highest BCUT2D eigenvalue weighted by atomic mass is 32.1. The van der Waals surface area contributed by atoms with Gasteiger partial charge in [0.1, 0.15) is 12.0 Å². The van der Waals surface area contributed by atoms with Crippen molar-refractivity contribution in [1.29, 1.82) is 0 Å². The summed E-state index contributed by atoms with van der Waals surface area (Å²) < 4.78 is 13.9. The van der Waals surface area contributed by atoms with Crippen LogP contribution in [0.4, 0.5) is 4.39 Å². The first kappa shape index (κ1) is 11.3. The normalized spacial score (nSPS) is 10.9. The molecule has 0 spiro atoms. The highest BCUT2D eigenvalue weighted by Crippen LogP contribution is 2.00. The van der Waals surface area contributed by atoms with Crippen molar-refractivity contribution in [2.24, 2.45) is 5.10 Å². The van der Waals surface area contributed by atoms with Crippen molar-refractivity contribution in [1.82, 2.24) is 14.9 Å². The van der Waals surface area contributed by atoms with Crippen LogP contribution in [0.1, 0.15) is 5.56 Å². The topological polar surface area (TPSA) is 63.0 Å². The largest absolute Gasteiger partial charge is 0.293 e. The molecule has 0 aliphatic rings. The zero-order valence-electron chi connectivity index (χ0n) is 8.50. The molecule has 0 unspecified atom stereocenters. The van der Waals surface area contributed by atoms with Gasteiger partial charge in [-0.15, -0.1) is 0 Å². The van der Waals surface area contributed by atoms with Crippen molar-refractivity contribution in [2.75, 3.05) is 0 Å². The molecule has 0 saturated carbocycles. The third-order valence-electron chi connectivity index (χ3n) is 1.91. The first-order chi connectivity index (χ1) is 8.16. The van der Waals surface area contributed by atoms with Crippen LogP contribution in [-0.2, 0) is 0 Å². The van der Waals surface area contributed by atoms with Gasteiger partial charge in [-0.05, 0) is 29.9 Å². The molecular formula is C10H7FN4OS. The van der Waals surface area contributed by atoms with Crippen LogP contribution in [0, 0.1) is 10.6 Å². The zero-order chi connectivity index (χ0) is 12.3. The molecule has 1 aromatic carbocycles. The maximum absolute atomic E-state index is 12.9. The number of hydrogen-bond donors (Lipinski definition) is 1. The molecule has 0 atom stereocenters. The standard InChI is InChI=1S/C10H7FN4OS/c11-8-3-1-2-7(4-8)5-13-15-9(16)6-12-14-10(15)17/h1-6H,(H,14,17)/b13-5-. The predicted molar refractivity (Wildman–Crippen MR) is 63.1 cm³/mol. The van der Waals surface area contributed by atoms with E-state index in [9.17, 15) is 9.18 Å². The Balaban J connectivity index is 2.39. The van der Waals surface area contributed by atoms with Gasteiger partial charge in [-0.1, -0.05) is 12.1 Å². The van der Waals surface area contributed by atoms with Crippen LogP contribution in [0.5, 0.6) is 0 Å². The summed E-state index contributed by atoms with van der Waals surface area (Å²) in [6.45, 7) is 0. The average molecular weight is 250 g/mol. The minimum Gasteiger partial charge on any atom is -0.265 e. The van der Waals surface area contributed by atoms with Gasteiger partial charge >= 0.3 is 0 Å². The number of halogens is 1. The number of nitrogens with one attached hydrogen (secondary N) is 1. The van der Waals surface area contributed by atoms with Crippen LogP contribution in [0.25, 0.3) is 0 Å². The average Bonchev–Trinajstić information content (AvgIpc) is 2.28. The molecular weight excluding hydrogens is 243 g/mol. The molecule has 17 heavy (non-hydrogen) atoms. The lowest BCUT2D eigenvalue weighted by atomic mass is 10.2. The molecule has 0 radical (unpaired) electrons. The molecule has 5 nitrogen and oxygen atoms in total. The van der Waals surface area contributed by atoms with E-state index in [4.69, 9.17) is 12.2 Å². The van der Waals surface area contributed by atoms with Crippen molar-refractivity contribution in [3.63, 3.8) is 0 Å². The molecule has 7 heteroatoms. The summed E-state index contributed by atoms with van der Waals surface area (Å²) in [5.74, 6) is -0.374. The van der Waals surface area contributed by atoms with Gasteiger partial charge in [-0.2, -0.15) is 14.9 Å². The Morgan fingerprint density at radius 3 is 3.06 bits per heavy atom. The van der Waals surface area contributed by atoms with Gasteiger partial charge < -0.3 is 0 Å². The third-order valence-corrected chi connectivity index (χ3v) is 2.17. The van der Waals surface area contributed by atoms with Crippen molar-refractivity contribution in [3.8, 4) is 0 Å². The van der Waals surface area contributed by atoms with Crippen LogP contribution in [0.2, 0.25) is 0 Å². The van der Waals surface area contributed by atoms with Gasteiger partial charge in [-0.3, -0.25) is 9.89 Å². The SMILES string of the molecule is O=c1cn[nH]c(=S)n1/N=C\c1cccc(F)c1. The minimum atomic E-state index is -0.457. The Labute approximate surface area is 100 Å². The molecule has 1 aromatic heterocycles. The van der Waals surface area contributed by atoms with E-state index in [1.807, 2.05) is 0 Å². The molecule has 2 rings (SSSR count). The predicted octanol–water partition coefficient (Wildman–Crippen LogP) is 1.32. The van der Waals surface area contributed by atoms with E-state index >= 15 is 0 Å². The van der Waals surface area contributed by atoms with E-state index in [1.165, 1.54) is 18.3 Å². The maximum Gasteiger partial charge on any atom is 0.293 e. The van der Waals surface area contributed by atoms with Gasteiger partial charge in [0.2, 0.25) is 4.77 Å². The third kappa shape index (κ3) is 2.70. The van der Waals surface area contributed by atoms with Crippen LogP contribution in [-0.4, -0.2) is 21.1 Å². The summed E-state index contributed by atoms with van der Waals surface area (Å²) in [5, 5.41) is 9.80. The summed E-state index contributed by atoms with van der Waals surface area (Å²) >= 11 is 4.84. The van der Waals surface area contributed by atoms with Crippen molar-refractivity contribution >= 4 is 18.4 Å². The second kappa shape index (κ2) is 4.79. The first-order valence-corrected chi connectivity index (χ1v) is 5.04. The zero-order valence-corrected chi connectivity index (χ0v) is 9.32. The number of benzene rings is 1. The molecule has 2 aromatic rings. The second-order valence-corrected chi connectivity index (χ2v) is 3.51. The van der Waals surface area contributed by atoms with Crippen LogP contribution < -0.4 is 5.56 Å². The van der Waals surface area contributed by atoms with Crippen molar-refractivity contribution in [2.45, 2.75) is 0 Å².